The van der Waals surface area contributed by atoms with Crippen molar-refractivity contribution < 1.29 is 43.5 Å². The van der Waals surface area contributed by atoms with Gasteiger partial charge in [0.1, 0.15) is 6.61 Å². The second kappa shape index (κ2) is 25.2. The van der Waals surface area contributed by atoms with Crippen LogP contribution in [0, 0.1) is 11.3 Å². The predicted molar refractivity (Wildman–Crippen MR) is 150 cm³/mol. The summed E-state index contributed by atoms with van der Waals surface area (Å²) in [5, 5.41) is 24.6. The summed E-state index contributed by atoms with van der Waals surface area (Å²) in [5.41, 5.74) is -0.0889. The maximum Gasteiger partial charge on any atom is 0.305 e. The Morgan fingerprint density at radius 2 is 1.38 bits per heavy atom. The summed E-state index contributed by atoms with van der Waals surface area (Å²) in [7, 11) is 0. The van der Waals surface area contributed by atoms with Crippen molar-refractivity contribution in [1.29, 1.82) is 0 Å². The molecule has 0 aliphatic heterocycles. The molecule has 0 heterocycles. The van der Waals surface area contributed by atoms with Crippen LogP contribution in [0.2, 0.25) is 0 Å². The number of carbonyl (C=O) groups excluding carboxylic acids is 3. The molecule has 11 heteroatoms. The highest BCUT2D eigenvalue weighted by molar-refractivity contribution is 5.77. The van der Waals surface area contributed by atoms with Gasteiger partial charge in [0, 0.05) is 39.0 Å². The van der Waals surface area contributed by atoms with Gasteiger partial charge in [0.2, 0.25) is 11.8 Å². The molecule has 0 spiro atoms. The largest absolute Gasteiger partial charge is 0.460 e. The van der Waals surface area contributed by atoms with E-state index in [9.17, 15) is 24.6 Å². The van der Waals surface area contributed by atoms with Gasteiger partial charge in [-0.1, -0.05) is 48.5 Å². The first-order valence-corrected chi connectivity index (χ1v) is 14.1. The Balaban J connectivity index is 0. The lowest BCUT2D eigenvalue weighted by molar-refractivity contribution is -0.187. The lowest BCUT2D eigenvalue weighted by Crippen LogP contribution is -2.35. The van der Waals surface area contributed by atoms with Gasteiger partial charge in [0.05, 0.1) is 32.5 Å². The van der Waals surface area contributed by atoms with Gasteiger partial charge in [-0.2, -0.15) is 0 Å². The van der Waals surface area contributed by atoms with Gasteiger partial charge in [-0.15, -0.1) is 0 Å². The van der Waals surface area contributed by atoms with E-state index in [1.807, 2.05) is 27.7 Å². The van der Waals surface area contributed by atoms with E-state index in [1.54, 1.807) is 0 Å². The zero-order valence-electron chi connectivity index (χ0n) is 25.4. The van der Waals surface area contributed by atoms with E-state index in [-0.39, 0.29) is 62.7 Å². The fourth-order valence-electron chi connectivity index (χ4n) is 2.94. The molecule has 2 unspecified atom stereocenters. The smallest absolute Gasteiger partial charge is 0.305 e. The number of carbonyl (C=O) groups is 3. The highest BCUT2D eigenvalue weighted by atomic mass is 16.6. The molecular weight excluding hydrogens is 508 g/mol. The molecule has 0 saturated heterocycles. The lowest BCUT2D eigenvalue weighted by atomic mass is 9.89. The fourth-order valence-corrected chi connectivity index (χ4v) is 2.94. The summed E-state index contributed by atoms with van der Waals surface area (Å²) in [6.07, 6.45) is 0.287. The first kappa shape index (κ1) is 39.4. The molecule has 0 aliphatic carbocycles. The minimum atomic E-state index is -1.33. The van der Waals surface area contributed by atoms with E-state index in [2.05, 4.69) is 31.4 Å². The molecule has 0 fully saturated rings. The molecule has 0 aromatic rings. The quantitative estimate of drug-likeness (QED) is 0.0936. The molecule has 2 amide bonds. The van der Waals surface area contributed by atoms with Crippen LogP contribution in [-0.2, 0) is 33.3 Å². The number of nitrogens with one attached hydrogen (secondary N) is 2. The second-order valence-electron chi connectivity index (χ2n) is 11.1. The Kier molecular flexibility index (Phi) is 25.4. The van der Waals surface area contributed by atoms with Gasteiger partial charge in [-0.3, -0.25) is 14.4 Å². The van der Waals surface area contributed by atoms with Crippen molar-refractivity contribution in [1.82, 2.24) is 10.6 Å². The summed E-state index contributed by atoms with van der Waals surface area (Å²) in [4.78, 5) is 35.3. The van der Waals surface area contributed by atoms with Crippen molar-refractivity contribution in [3.05, 3.63) is 0 Å². The number of rotatable bonds is 21. The summed E-state index contributed by atoms with van der Waals surface area (Å²) in [6, 6.07) is 0. The van der Waals surface area contributed by atoms with Crippen molar-refractivity contribution in [3.8, 4) is 0 Å². The van der Waals surface area contributed by atoms with E-state index >= 15 is 0 Å². The molecule has 0 aromatic heterocycles. The van der Waals surface area contributed by atoms with Gasteiger partial charge >= 0.3 is 5.97 Å². The topological polar surface area (TPSA) is 153 Å². The maximum absolute atomic E-state index is 11.8. The van der Waals surface area contributed by atoms with Crippen molar-refractivity contribution in [2.45, 2.75) is 99.4 Å². The number of aliphatic hydroxyl groups excluding tert-OH is 2. The van der Waals surface area contributed by atoms with Gasteiger partial charge in [0.25, 0.3) is 0 Å². The van der Waals surface area contributed by atoms with E-state index in [4.69, 9.17) is 18.9 Å². The fraction of sp³-hybridized carbons (Fsp3) is 0.893. The van der Waals surface area contributed by atoms with Crippen LogP contribution in [0.1, 0.15) is 87.0 Å². The van der Waals surface area contributed by atoms with Crippen LogP contribution >= 0.6 is 0 Å². The van der Waals surface area contributed by atoms with Gasteiger partial charge in [-0.05, 0) is 30.6 Å². The minimum Gasteiger partial charge on any atom is -0.460 e. The summed E-state index contributed by atoms with van der Waals surface area (Å²) >= 11 is 0. The molecule has 0 saturated carbocycles. The Bertz CT molecular complexity index is 622. The van der Waals surface area contributed by atoms with Crippen molar-refractivity contribution in [2.75, 3.05) is 52.7 Å². The minimum absolute atomic E-state index is 0.0196. The standard InChI is InChI=1S/C24H46N2O9.C4H10/c1-5-12-32-14-15-33-13-9-21(29)26-11-10-25-20(28)7-6-8-22(30)34-18-23(31)35-19(17-27)16-24(2,3)4;1-4(2)3/h19,23,27,31H,5-18H2,1-4H3,(H,25,28)(H,26,29);4H,1-3H3. The first-order valence-electron chi connectivity index (χ1n) is 14.1. The van der Waals surface area contributed by atoms with Crippen LogP contribution in [0.3, 0.4) is 0 Å². The maximum atomic E-state index is 11.8. The monoisotopic (exact) mass is 564 g/mol. The molecule has 0 aromatic carbocycles. The molecule has 0 radical (unpaired) electrons. The highest BCUT2D eigenvalue weighted by Gasteiger charge is 2.22. The molecule has 0 bridgehead atoms. The molecule has 0 rings (SSSR count). The number of aliphatic hydroxyl groups is 2. The van der Waals surface area contributed by atoms with Crippen LogP contribution in [-0.4, -0.2) is 93.1 Å². The zero-order valence-corrected chi connectivity index (χ0v) is 25.4. The molecule has 232 valence electrons. The Labute approximate surface area is 235 Å². The SMILES string of the molecule is CC(C)C.CCCOCCOCCC(=O)NCCNC(=O)CCCC(=O)OCC(O)OC(CO)CC(C)(C)C. The van der Waals surface area contributed by atoms with E-state index < -0.39 is 18.4 Å². The second-order valence-corrected chi connectivity index (χ2v) is 11.1. The van der Waals surface area contributed by atoms with Crippen LogP contribution < -0.4 is 10.6 Å². The van der Waals surface area contributed by atoms with Crippen LogP contribution in [0.5, 0.6) is 0 Å². The zero-order chi connectivity index (χ0) is 30.1. The number of amides is 2. The summed E-state index contributed by atoms with van der Waals surface area (Å²) < 4.78 is 20.8. The highest BCUT2D eigenvalue weighted by Crippen LogP contribution is 2.22. The van der Waals surface area contributed by atoms with Gasteiger partial charge in [0.15, 0.2) is 6.29 Å². The average molecular weight is 565 g/mol. The normalized spacial score (nSPS) is 12.8. The number of hydrogen-bond acceptors (Lipinski definition) is 9. The molecule has 4 N–H and O–H groups in total. The Morgan fingerprint density at radius 1 is 0.846 bits per heavy atom. The van der Waals surface area contributed by atoms with Crippen molar-refractivity contribution in [2.24, 2.45) is 11.3 Å². The average Bonchev–Trinajstić information content (AvgIpc) is 2.83. The molecular formula is C28H56N2O9. The third kappa shape index (κ3) is 32.3. The van der Waals surface area contributed by atoms with E-state index in [0.717, 1.165) is 12.3 Å². The Hall–Kier alpha value is -1.79. The molecule has 2 atom stereocenters. The number of esters is 1. The van der Waals surface area contributed by atoms with Crippen LogP contribution in [0.25, 0.3) is 0 Å². The summed E-state index contributed by atoms with van der Waals surface area (Å²) in [5.74, 6) is -0.117. The van der Waals surface area contributed by atoms with E-state index in [1.165, 1.54) is 0 Å². The molecule has 11 nitrogen and oxygen atoms in total. The molecule has 0 aliphatic rings. The third-order valence-electron chi connectivity index (χ3n) is 4.53. The van der Waals surface area contributed by atoms with Crippen LogP contribution in [0.4, 0.5) is 0 Å². The number of ether oxygens (including phenoxy) is 4. The van der Waals surface area contributed by atoms with Crippen molar-refractivity contribution >= 4 is 17.8 Å². The molecule has 39 heavy (non-hydrogen) atoms. The first-order chi connectivity index (χ1) is 18.3. The number of hydrogen-bond donors (Lipinski definition) is 4. The predicted octanol–water partition coefficient (Wildman–Crippen LogP) is 2.56. The Morgan fingerprint density at radius 3 is 1.90 bits per heavy atom. The van der Waals surface area contributed by atoms with E-state index in [0.29, 0.717) is 39.4 Å². The lowest BCUT2D eigenvalue weighted by Gasteiger charge is -2.26. The summed E-state index contributed by atoms with van der Waals surface area (Å²) in [6.45, 7) is 16.5. The van der Waals surface area contributed by atoms with Crippen LogP contribution in [0.15, 0.2) is 0 Å². The van der Waals surface area contributed by atoms with Crippen molar-refractivity contribution in [3.63, 3.8) is 0 Å². The van der Waals surface area contributed by atoms with Gasteiger partial charge < -0.3 is 39.8 Å². The van der Waals surface area contributed by atoms with Gasteiger partial charge in [-0.25, -0.2) is 0 Å². The third-order valence-corrected chi connectivity index (χ3v) is 4.53.